The molecule has 0 aliphatic carbocycles. The van der Waals surface area contributed by atoms with E-state index in [0.717, 1.165) is 11.8 Å². The molecule has 146 valence electrons. The number of benzene rings is 1. The predicted octanol–water partition coefficient (Wildman–Crippen LogP) is 3.16. The third kappa shape index (κ3) is 4.68. The molecule has 1 saturated heterocycles. The average molecular weight is 379 g/mol. The van der Waals surface area contributed by atoms with Crippen molar-refractivity contribution in [3.8, 4) is 0 Å². The van der Waals surface area contributed by atoms with Crippen LogP contribution in [0.4, 0.5) is 21.9 Å². The van der Waals surface area contributed by atoms with E-state index < -0.39 is 15.5 Å². The number of piperidine rings is 1. The van der Waals surface area contributed by atoms with Gasteiger partial charge in [-0.3, -0.25) is 25.7 Å². The quantitative estimate of drug-likeness (QED) is 0.612. The maximum atomic E-state index is 12.0. The lowest BCUT2D eigenvalue weighted by atomic mass is 9.93. The minimum absolute atomic E-state index is 0.0609. The van der Waals surface area contributed by atoms with Crippen molar-refractivity contribution in [1.82, 2.24) is 4.90 Å². The molecule has 0 radical (unpaired) electrons. The molecule has 0 aromatic heterocycles. The first kappa shape index (κ1) is 20.1. The Kier molecular flexibility index (Phi) is 6.27. The van der Waals surface area contributed by atoms with Gasteiger partial charge in [0, 0.05) is 36.7 Å². The number of hydrogen-bond donors (Lipinski definition) is 1. The number of nitrogens with one attached hydrogen (secondary N) is 1. The molecule has 1 aromatic carbocycles. The minimum Gasteiger partial charge on any atom is -0.450 e. The van der Waals surface area contributed by atoms with Crippen molar-refractivity contribution >= 4 is 28.9 Å². The first-order valence-electron chi connectivity index (χ1n) is 8.43. The van der Waals surface area contributed by atoms with Gasteiger partial charge in [-0.15, -0.1) is 0 Å². The predicted molar refractivity (Wildman–Crippen MR) is 97.8 cm³/mol. The van der Waals surface area contributed by atoms with Crippen LogP contribution in [-0.2, 0) is 4.74 Å². The van der Waals surface area contributed by atoms with Gasteiger partial charge in [-0.2, -0.15) is 5.10 Å². The Labute approximate surface area is 155 Å². The van der Waals surface area contributed by atoms with Gasteiger partial charge < -0.3 is 9.64 Å². The molecule has 1 aromatic rings. The Morgan fingerprint density at radius 2 is 2.04 bits per heavy atom. The normalized spacial score (nSPS) is 21.0. The highest BCUT2D eigenvalue weighted by Gasteiger charge is 2.32. The van der Waals surface area contributed by atoms with Crippen molar-refractivity contribution in [3.05, 3.63) is 38.4 Å². The third-order valence-electron chi connectivity index (χ3n) is 4.29. The molecular formula is C16H21N5O6. The molecule has 1 aliphatic heterocycles. The number of carbonyl (C=O) groups is 1. The largest absolute Gasteiger partial charge is 0.450 e. The number of anilines is 1. The van der Waals surface area contributed by atoms with Gasteiger partial charge >= 0.3 is 11.8 Å². The molecule has 1 heterocycles. The molecule has 2 rings (SSSR count). The van der Waals surface area contributed by atoms with E-state index in [4.69, 9.17) is 4.74 Å². The van der Waals surface area contributed by atoms with E-state index in [2.05, 4.69) is 10.5 Å². The molecule has 0 saturated carbocycles. The van der Waals surface area contributed by atoms with Crippen LogP contribution in [0.3, 0.4) is 0 Å². The van der Waals surface area contributed by atoms with Crippen molar-refractivity contribution in [1.29, 1.82) is 0 Å². The first-order valence-corrected chi connectivity index (χ1v) is 8.43. The van der Waals surface area contributed by atoms with Crippen molar-refractivity contribution in [2.75, 3.05) is 18.6 Å². The van der Waals surface area contributed by atoms with Crippen LogP contribution >= 0.6 is 0 Å². The van der Waals surface area contributed by atoms with Crippen LogP contribution in [0.15, 0.2) is 23.3 Å². The lowest BCUT2D eigenvalue weighted by molar-refractivity contribution is -0.393. The fourth-order valence-corrected chi connectivity index (χ4v) is 2.82. The summed E-state index contributed by atoms with van der Waals surface area (Å²) in [5.74, 6) is -0.0739. The lowest BCUT2D eigenvalue weighted by Crippen LogP contribution is -2.49. The molecule has 27 heavy (non-hydrogen) atoms. The number of hydrogen-bond acceptors (Lipinski definition) is 8. The van der Waals surface area contributed by atoms with E-state index in [1.165, 1.54) is 12.1 Å². The van der Waals surface area contributed by atoms with E-state index in [1.54, 1.807) is 11.8 Å². The number of non-ortho nitro benzene ring substituents is 1. The van der Waals surface area contributed by atoms with Crippen molar-refractivity contribution in [3.63, 3.8) is 0 Å². The van der Waals surface area contributed by atoms with E-state index >= 15 is 0 Å². The van der Waals surface area contributed by atoms with E-state index in [-0.39, 0.29) is 29.4 Å². The molecule has 11 heteroatoms. The molecule has 1 fully saturated rings. The zero-order valence-corrected chi connectivity index (χ0v) is 15.2. The number of nitro benzene ring substituents is 2. The highest BCUT2D eigenvalue weighted by molar-refractivity contribution is 5.90. The minimum atomic E-state index is -0.703. The van der Waals surface area contributed by atoms with Gasteiger partial charge in [0.25, 0.3) is 5.69 Å². The summed E-state index contributed by atoms with van der Waals surface area (Å²) in [4.78, 5) is 34.2. The maximum Gasteiger partial charge on any atom is 0.410 e. The number of carbonyl (C=O) groups excluding carboxylic acids is 1. The van der Waals surface area contributed by atoms with Crippen LogP contribution in [0.25, 0.3) is 0 Å². The van der Waals surface area contributed by atoms with Gasteiger partial charge in [0.2, 0.25) is 0 Å². The molecule has 1 N–H and O–H groups in total. The van der Waals surface area contributed by atoms with Crippen LogP contribution in [0.5, 0.6) is 0 Å². The number of nitrogens with zero attached hydrogens (tertiary/aromatic N) is 4. The molecule has 0 spiro atoms. The van der Waals surface area contributed by atoms with Gasteiger partial charge in [-0.25, -0.2) is 4.79 Å². The second-order valence-corrected chi connectivity index (χ2v) is 6.24. The maximum absolute atomic E-state index is 12.0. The molecular weight excluding hydrogens is 358 g/mol. The summed E-state index contributed by atoms with van der Waals surface area (Å²) in [7, 11) is 0. The summed E-state index contributed by atoms with van der Waals surface area (Å²) in [6.07, 6.45) is 0.100. The Hall–Kier alpha value is -3.24. The topological polar surface area (TPSA) is 140 Å². The van der Waals surface area contributed by atoms with Crippen LogP contribution in [0.1, 0.15) is 27.2 Å². The van der Waals surface area contributed by atoms with Crippen LogP contribution < -0.4 is 5.43 Å². The van der Waals surface area contributed by atoms with Gasteiger partial charge in [-0.1, -0.05) is 6.92 Å². The SMILES string of the molecule is CCOC(=O)N1C[C@@H](C)/C(=N/Nc2ccc([N+](=O)[O-])cc2[N+](=O)[O-])C[C@H]1C. The molecule has 1 aliphatic rings. The number of likely N-dealkylation sites (tertiary alicyclic amines) is 1. The number of amides is 1. The smallest absolute Gasteiger partial charge is 0.410 e. The van der Waals surface area contributed by atoms with Gasteiger partial charge in [0.05, 0.1) is 22.5 Å². The Balaban J connectivity index is 2.17. The number of rotatable bonds is 5. The first-order chi connectivity index (χ1) is 12.7. The van der Waals surface area contributed by atoms with Crippen molar-refractivity contribution in [2.45, 2.75) is 33.2 Å². The summed E-state index contributed by atoms with van der Waals surface area (Å²) < 4.78 is 5.04. The van der Waals surface area contributed by atoms with Crippen LogP contribution in [-0.4, -0.2) is 45.7 Å². The average Bonchev–Trinajstić information content (AvgIpc) is 2.61. The monoisotopic (exact) mass is 379 g/mol. The zero-order chi connectivity index (χ0) is 20.1. The van der Waals surface area contributed by atoms with Crippen LogP contribution in [0, 0.1) is 26.1 Å². The molecule has 1 amide bonds. The Morgan fingerprint density at radius 3 is 2.63 bits per heavy atom. The number of hydrazone groups is 1. The summed E-state index contributed by atoms with van der Waals surface area (Å²) in [6, 6.07) is 3.18. The van der Waals surface area contributed by atoms with Crippen LogP contribution in [0.2, 0.25) is 0 Å². The fraction of sp³-hybridized carbons (Fsp3) is 0.500. The van der Waals surface area contributed by atoms with Crippen molar-refractivity contribution in [2.24, 2.45) is 11.0 Å². The summed E-state index contributed by atoms with van der Waals surface area (Å²) in [5.41, 5.74) is 2.64. The fourth-order valence-electron chi connectivity index (χ4n) is 2.82. The summed E-state index contributed by atoms with van der Waals surface area (Å²) >= 11 is 0. The highest BCUT2D eigenvalue weighted by Crippen LogP contribution is 2.29. The van der Waals surface area contributed by atoms with Gasteiger partial charge in [0.1, 0.15) is 5.69 Å². The molecule has 0 unspecified atom stereocenters. The number of ether oxygens (including phenoxy) is 1. The summed E-state index contributed by atoms with van der Waals surface area (Å²) in [6.45, 7) is 6.21. The second-order valence-electron chi connectivity index (χ2n) is 6.24. The van der Waals surface area contributed by atoms with E-state index in [1.807, 2.05) is 13.8 Å². The number of nitro groups is 2. The molecule has 2 atom stereocenters. The summed E-state index contributed by atoms with van der Waals surface area (Å²) in [5, 5.41) is 26.2. The third-order valence-corrected chi connectivity index (χ3v) is 4.29. The van der Waals surface area contributed by atoms with Gasteiger partial charge in [0.15, 0.2) is 0 Å². The second kappa shape index (κ2) is 8.43. The molecule has 0 bridgehead atoms. The van der Waals surface area contributed by atoms with E-state index in [0.29, 0.717) is 19.6 Å². The Bertz CT molecular complexity index is 781. The standard InChI is InChI=1S/C16H21N5O6/c1-4-27-16(22)19-9-10(2)14(7-11(19)3)18-17-13-6-5-12(20(23)24)8-15(13)21(25)26/h5-6,8,10-11,17H,4,7,9H2,1-3H3/b18-14+/t10-,11-/m1/s1. The van der Waals surface area contributed by atoms with Gasteiger partial charge in [-0.05, 0) is 19.9 Å². The Morgan fingerprint density at radius 1 is 1.33 bits per heavy atom. The highest BCUT2D eigenvalue weighted by atomic mass is 16.6. The van der Waals surface area contributed by atoms with E-state index in [9.17, 15) is 25.0 Å². The van der Waals surface area contributed by atoms with Crippen molar-refractivity contribution < 1.29 is 19.4 Å². The molecule has 11 nitrogen and oxygen atoms in total. The lowest BCUT2D eigenvalue weighted by Gasteiger charge is -2.36. The zero-order valence-electron chi connectivity index (χ0n) is 15.2.